The molecule has 0 saturated carbocycles. The van der Waals surface area contributed by atoms with Crippen molar-refractivity contribution < 1.29 is 4.39 Å². The average Bonchev–Trinajstić information content (AvgIpc) is 2.43. The molecule has 0 radical (unpaired) electrons. The lowest BCUT2D eigenvalue weighted by molar-refractivity contribution is 0.601. The van der Waals surface area contributed by atoms with Gasteiger partial charge in [0.1, 0.15) is 5.82 Å². The van der Waals surface area contributed by atoms with Gasteiger partial charge in [0.05, 0.1) is 6.04 Å². The first-order chi connectivity index (χ1) is 9.20. The summed E-state index contributed by atoms with van der Waals surface area (Å²) in [7, 11) is 0. The van der Waals surface area contributed by atoms with Gasteiger partial charge in [0, 0.05) is 10.6 Å². The van der Waals surface area contributed by atoms with Crippen LogP contribution in [0.15, 0.2) is 53.4 Å². The highest BCUT2D eigenvalue weighted by Crippen LogP contribution is 2.26. The zero-order valence-corrected chi connectivity index (χ0v) is 11.6. The molecule has 100 valence electrons. The fourth-order valence-electron chi connectivity index (χ4n) is 1.83. The summed E-state index contributed by atoms with van der Waals surface area (Å²) in [6.07, 6.45) is 0. The number of benzene rings is 2. The molecular formula is C15H17FN2S. The molecule has 0 heterocycles. The van der Waals surface area contributed by atoms with E-state index in [0.717, 1.165) is 11.3 Å². The summed E-state index contributed by atoms with van der Waals surface area (Å²) in [4.78, 5) is 1.24. The standard InChI is InChI=1S/C15H17FN2S/c1-11-4-2-3-5-15(11)19-10-14(18-17)12-6-8-13(16)9-7-12/h2-9,14,18H,10,17H2,1H3. The molecule has 1 atom stereocenters. The Labute approximate surface area is 117 Å². The predicted molar refractivity (Wildman–Crippen MR) is 78.4 cm³/mol. The van der Waals surface area contributed by atoms with E-state index in [1.54, 1.807) is 23.9 Å². The molecule has 0 saturated heterocycles. The van der Waals surface area contributed by atoms with E-state index in [1.807, 2.05) is 12.1 Å². The molecule has 2 aromatic rings. The molecule has 0 bridgehead atoms. The van der Waals surface area contributed by atoms with Crippen molar-refractivity contribution in [1.82, 2.24) is 5.43 Å². The molecule has 2 rings (SSSR count). The van der Waals surface area contributed by atoms with Gasteiger partial charge in [0.2, 0.25) is 0 Å². The molecule has 0 aliphatic heterocycles. The zero-order chi connectivity index (χ0) is 13.7. The van der Waals surface area contributed by atoms with Crippen LogP contribution in [0.3, 0.4) is 0 Å². The van der Waals surface area contributed by atoms with Crippen LogP contribution < -0.4 is 11.3 Å². The van der Waals surface area contributed by atoms with Crippen molar-refractivity contribution in [2.45, 2.75) is 17.9 Å². The summed E-state index contributed by atoms with van der Waals surface area (Å²) < 4.78 is 12.9. The van der Waals surface area contributed by atoms with E-state index < -0.39 is 0 Å². The molecule has 2 nitrogen and oxygen atoms in total. The number of hydrazine groups is 1. The highest BCUT2D eigenvalue weighted by Gasteiger charge is 2.10. The van der Waals surface area contributed by atoms with Crippen LogP contribution in [0.25, 0.3) is 0 Å². The first kappa shape index (κ1) is 14.1. The quantitative estimate of drug-likeness (QED) is 0.499. The van der Waals surface area contributed by atoms with E-state index in [9.17, 15) is 4.39 Å². The minimum absolute atomic E-state index is 0.00482. The van der Waals surface area contributed by atoms with Crippen molar-refractivity contribution in [3.63, 3.8) is 0 Å². The van der Waals surface area contributed by atoms with Crippen molar-refractivity contribution in [3.8, 4) is 0 Å². The van der Waals surface area contributed by atoms with Crippen LogP contribution >= 0.6 is 11.8 Å². The number of nitrogens with two attached hydrogens (primary N) is 1. The largest absolute Gasteiger partial charge is 0.271 e. The van der Waals surface area contributed by atoms with Crippen molar-refractivity contribution in [3.05, 3.63) is 65.5 Å². The Morgan fingerprint density at radius 3 is 2.47 bits per heavy atom. The lowest BCUT2D eigenvalue weighted by atomic mass is 10.1. The van der Waals surface area contributed by atoms with Gasteiger partial charge in [0.25, 0.3) is 0 Å². The molecule has 0 spiro atoms. The summed E-state index contributed by atoms with van der Waals surface area (Å²) >= 11 is 1.74. The molecule has 1 unspecified atom stereocenters. The number of hydrogen-bond donors (Lipinski definition) is 2. The van der Waals surface area contributed by atoms with Gasteiger partial charge in [-0.3, -0.25) is 11.3 Å². The molecule has 0 aliphatic carbocycles. The number of halogens is 1. The van der Waals surface area contributed by atoms with Gasteiger partial charge >= 0.3 is 0 Å². The van der Waals surface area contributed by atoms with Gasteiger partial charge in [-0.25, -0.2) is 4.39 Å². The summed E-state index contributed by atoms with van der Waals surface area (Å²) in [5.74, 6) is 6.16. The summed E-state index contributed by atoms with van der Waals surface area (Å²) in [5.41, 5.74) is 5.03. The highest BCUT2D eigenvalue weighted by molar-refractivity contribution is 7.99. The summed E-state index contributed by atoms with van der Waals surface area (Å²) in [6, 6.07) is 14.7. The van der Waals surface area contributed by atoms with Crippen molar-refractivity contribution >= 4 is 11.8 Å². The fourth-order valence-corrected chi connectivity index (χ4v) is 2.93. The Bertz CT molecular complexity index is 528. The van der Waals surface area contributed by atoms with Crippen LogP contribution in [0.5, 0.6) is 0 Å². The van der Waals surface area contributed by atoms with Gasteiger partial charge in [-0.05, 0) is 36.2 Å². The van der Waals surface area contributed by atoms with Crippen LogP contribution in [0, 0.1) is 12.7 Å². The third kappa shape index (κ3) is 3.80. The Hall–Kier alpha value is -1.36. The zero-order valence-electron chi connectivity index (χ0n) is 10.8. The van der Waals surface area contributed by atoms with Gasteiger partial charge in [-0.2, -0.15) is 0 Å². The van der Waals surface area contributed by atoms with Crippen molar-refractivity contribution in [1.29, 1.82) is 0 Å². The topological polar surface area (TPSA) is 38.0 Å². The predicted octanol–water partition coefficient (Wildman–Crippen LogP) is 3.43. The number of hydrogen-bond acceptors (Lipinski definition) is 3. The second-order valence-corrected chi connectivity index (χ2v) is 5.41. The maximum atomic E-state index is 12.9. The first-order valence-electron chi connectivity index (χ1n) is 6.10. The van der Waals surface area contributed by atoms with Crippen LogP contribution in [-0.4, -0.2) is 5.75 Å². The smallest absolute Gasteiger partial charge is 0.123 e. The van der Waals surface area contributed by atoms with E-state index in [4.69, 9.17) is 5.84 Å². The van der Waals surface area contributed by atoms with Crippen molar-refractivity contribution in [2.75, 3.05) is 5.75 Å². The van der Waals surface area contributed by atoms with Gasteiger partial charge in [-0.15, -0.1) is 11.8 Å². The minimum Gasteiger partial charge on any atom is -0.271 e. The number of rotatable bonds is 5. The lowest BCUT2D eigenvalue weighted by Gasteiger charge is -2.16. The molecule has 4 heteroatoms. The third-order valence-corrected chi connectivity index (χ3v) is 4.24. The number of aryl methyl sites for hydroxylation is 1. The second-order valence-electron chi connectivity index (χ2n) is 4.35. The molecule has 0 aliphatic rings. The van der Waals surface area contributed by atoms with Gasteiger partial charge in [0.15, 0.2) is 0 Å². The van der Waals surface area contributed by atoms with Gasteiger partial charge < -0.3 is 0 Å². The molecule has 0 aromatic heterocycles. The lowest BCUT2D eigenvalue weighted by Crippen LogP contribution is -2.29. The highest BCUT2D eigenvalue weighted by atomic mass is 32.2. The summed E-state index contributed by atoms with van der Waals surface area (Å²) in [5, 5.41) is 0. The van der Waals surface area contributed by atoms with Crippen LogP contribution in [0.4, 0.5) is 4.39 Å². The maximum absolute atomic E-state index is 12.9. The molecular weight excluding hydrogens is 259 g/mol. The minimum atomic E-state index is -0.230. The molecule has 0 fully saturated rings. The number of thioether (sulfide) groups is 1. The Kier molecular flexibility index (Phi) is 4.96. The molecule has 2 aromatic carbocycles. The van der Waals surface area contributed by atoms with Crippen LogP contribution in [0.2, 0.25) is 0 Å². The maximum Gasteiger partial charge on any atom is 0.123 e. The summed E-state index contributed by atoms with van der Waals surface area (Å²) in [6.45, 7) is 2.09. The van der Waals surface area contributed by atoms with Crippen LogP contribution in [-0.2, 0) is 0 Å². The second kappa shape index (κ2) is 6.70. The van der Waals surface area contributed by atoms with E-state index in [1.165, 1.54) is 22.6 Å². The molecule has 0 amide bonds. The molecule has 19 heavy (non-hydrogen) atoms. The van der Waals surface area contributed by atoms with Gasteiger partial charge in [-0.1, -0.05) is 30.3 Å². The normalized spacial score (nSPS) is 12.4. The van der Waals surface area contributed by atoms with E-state index >= 15 is 0 Å². The van der Waals surface area contributed by atoms with Crippen LogP contribution in [0.1, 0.15) is 17.2 Å². The number of nitrogens with one attached hydrogen (secondary N) is 1. The average molecular weight is 276 g/mol. The fraction of sp³-hybridized carbons (Fsp3) is 0.200. The Morgan fingerprint density at radius 2 is 1.84 bits per heavy atom. The third-order valence-electron chi connectivity index (χ3n) is 2.97. The Balaban J connectivity index is 2.04. The van der Waals surface area contributed by atoms with Crippen molar-refractivity contribution in [2.24, 2.45) is 5.84 Å². The SMILES string of the molecule is Cc1ccccc1SCC(NN)c1ccc(F)cc1. The van der Waals surface area contributed by atoms with E-state index in [-0.39, 0.29) is 11.9 Å². The van der Waals surface area contributed by atoms with E-state index in [0.29, 0.717) is 0 Å². The Morgan fingerprint density at radius 1 is 1.16 bits per heavy atom. The molecule has 3 N–H and O–H groups in total. The monoisotopic (exact) mass is 276 g/mol. The first-order valence-corrected chi connectivity index (χ1v) is 7.09. The van der Waals surface area contributed by atoms with E-state index in [2.05, 4.69) is 24.5 Å².